The fourth-order valence-electron chi connectivity index (χ4n) is 1.47. The zero-order chi connectivity index (χ0) is 8.97. The normalized spacial score (nSPS) is 23.4. The van der Waals surface area contributed by atoms with Gasteiger partial charge >= 0.3 is 5.97 Å². The first-order valence-corrected chi connectivity index (χ1v) is 4.01. The van der Waals surface area contributed by atoms with Gasteiger partial charge in [-0.3, -0.25) is 0 Å². The Balaban J connectivity index is 2.57. The van der Waals surface area contributed by atoms with Crippen molar-refractivity contribution < 1.29 is 9.53 Å². The molecule has 1 fully saturated rings. The third-order valence-corrected chi connectivity index (χ3v) is 2.05. The molecule has 1 aliphatic heterocycles. The lowest BCUT2D eigenvalue weighted by Gasteiger charge is -2.19. The average Bonchev–Trinajstić information content (AvgIpc) is 2.52. The Hall–Kier alpha value is -1.19. The number of hydrogen-bond donors (Lipinski definition) is 1. The van der Waals surface area contributed by atoms with E-state index in [0.717, 1.165) is 19.4 Å². The van der Waals surface area contributed by atoms with Gasteiger partial charge in [0.15, 0.2) is 0 Å². The first kappa shape index (κ1) is 8.90. The third-order valence-electron chi connectivity index (χ3n) is 2.05. The van der Waals surface area contributed by atoms with E-state index in [1.54, 1.807) is 6.20 Å². The largest absolute Gasteiger partial charge is 0.467 e. The Morgan fingerprint density at radius 3 is 3.08 bits per heavy atom. The van der Waals surface area contributed by atoms with Crippen molar-refractivity contribution in [3.8, 4) is 0 Å². The molecule has 0 saturated carbocycles. The van der Waals surface area contributed by atoms with Crippen LogP contribution in [0.15, 0.2) is 12.4 Å². The first-order chi connectivity index (χ1) is 5.79. The summed E-state index contributed by atoms with van der Waals surface area (Å²) in [4.78, 5) is 13.1. The quantitative estimate of drug-likeness (QED) is 0.595. The molecule has 0 aromatic rings. The summed E-state index contributed by atoms with van der Waals surface area (Å²) in [5, 5.41) is 0. The summed E-state index contributed by atoms with van der Waals surface area (Å²) in [6.45, 7) is 0.882. The summed E-state index contributed by atoms with van der Waals surface area (Å²) in [6, 6.07) is -0.130. The molecule has 0 aliphatic carbocycles. The van der Waals surface area contributed by atoms with Gasteiger partial charge in [-0.2, -0.15) is 0 Å². The van der Waals surface area contributed by atoms with Gasteiger partial charge in [0.25, 0.3) is 0 Å². The maximum Gasteiger partial charge on any atom is 0.328 e. The zero-order valence-corrected chi connectivity index (χ0v) is 7.19. The summed E-state index contributed by atoms with van der Waals surface area (Å²) in [6.07, 6.45) is 5.05. The minimum Gasteiger partial charge on any atom is -0.467 e. The summed E-state index contributed by atoms with van der Waals surface area (Å²) < 4.78 is 4.66. The summed E-state index contributed by atoms with van der Waals surface area (Å²) in [5.74, 6) is -0.175. The number of hydrogen-bond acceptors (Lipinski definition) is 4. The Kier molecular flexibility index (Phi) is 2.96. The zero-order valence-electron chi connectivity index (χ0n) is 7.19. The van der Waals surface area contributed by atoms with Gasteiger partial charge in [-0.05, 0) is 12.8 Å². The molecule has 0 aromatic heterocycles. The molecular formula is C8H14N2O2. The first-order valence-electron chi connectivity index (χ1n) is 4.01. The van der Waals surface area contributed by atoms with E-state index in [4.69, 9.17) is 5.73 Å². The minimum absolute atomic E-state index is 0.130. The molecule has 4 heteroatoms. The number of nitrogens with two attached hydrogens (primary N) is 1. The van der Waals surface area contributed by atoms with Crippen LogP contribution in [0.1, 0.15) is 12.8 Å². The van der Waals surface area contributed by atoms with Crippen LogP contribution in [0.2, 0.25) is 0 Å². The number of esters is 1. The second-order valence-electron chi connectivity index (χ2n) is 2.76. The number of carbonyl (C=O) groups excluding carboxylic acids is 1. The summed E-state index contributed by atoms with van der Waals surface area (Å²) >= 11 is 0. The monoisotopic (exact) mass is 170 g/mol. The Labute approximate surface area is 72.0 Å². The molecule has 2 N–H and O–H groups in total. The third kappa shape index (κ3) is 1.69. The van der Waals surface area contributed by atoms with Crippen LogP contribution < -0.4 is 5.73 Å². The van der Waals surface area contributed by atoms with Gasteiger partial charge in [0, 0.05) is 18.9 Å². The van der Waals surface area contributed by atoms with E-state index in [2.05, 4.69) is 4.74 Å². The molecule has 0 radical (unpaired) electrons. The van der Waals surface area contributed by atoms with Crippen molar-refractivity contribution in [3.05, 3.63) is 12.4 Å². The molecule has 1 atom stereocenters. The highest BCUT2D eigenvalue weighted by molar-refractivity contribution is 5.76. The van der Waals surface area contributed by atoms with Crippen LogP contribution in [-0.2, 0) is 9.53 Å². The van der Waals surface area contributed by atoms with Gasteiger partial charge in [-0.25, -0.2) is 4.79 Å². The molecule has 0 amide bonds. The minimum atomic E-state index is -0.175. The summed E-state index contributed by atoms with van der Waals surface area (Å²) in [5.41, 5.74) is 5.24. The number of carbonyl (C=O) groups is 1. The molecule has 4 nitrogen and oxygen atoms in total. The van der Waals surface area contributed by atoms with Gasteiger partial charge in [-0.1, -0.05) is 0 Å². The smallest absolute Gasteiger partial charge is 0.328 e. The van der Waals surface area contributed by atoms with E-state index in [1.807, 2.05) is 4.90 Å². The standard InChI is InChI=1S/C8H14N2O2/c1-12-8(11)7-3-2-5-10(7)6-4-9/h4,6-7H,2-3,5,9H2,1H3/t7-/m0/s1. The van der Waals surface area contributed by atoms with Crippen LogP contribution in [0.3, 0.4) is 0 Å². The van der Waals surface area contributed by atoms with Crippen LogP contribution in [0, 0.1) is 0 Å². The molecule has 0 aromatic carbocycles. The van der Waals surface area contributed by atoms with Crippen LogP contribution in [-0.4, -0.2) is 30.6 Å². The van der Waals surface area contributed by atoms with E-state index in [0.29, 0.717) is 0 Å². The van der Waals surface area contributed by atoms with E-state index in [1.165, 1.54) is 13.3 Å². The predicted molar refractivity (Wildman–Crippen MR) is 45.1 cm³/mol. The lowest BCUT2D eigenvalue weighted by atomic mass is 10.2. The lowest BCUT2D eigenvalue weighted by molar-refractivity contribution is -0.144. The number of nitrogens with zero attached hydrogens (tertiary/aromatic N) is 1. The van der Waals surface area contributed by atoms with Crippen molar-refractivity contribution >= 4 is 5.97 Å². The molecule has 1 saturated heterocycles. The van der Waals surface area contributed by atoms with Gasteiger partial charge in [0.1, 0.15) is 6.04 Å². The highest BCUT2D eigenvalue weighted by Gasteiger charge is 2.28. The Bertz CT molecular complexity index is 191. The van der Waals surface area contributed by atoms with Crippen molar-refractivity contribution in [1.82, 2.24) is 4.90 Å². The fraction of sp³-hybridized carbons (Fsp3) is 0.625. The average molecular weight is 170 g/mol. The van der Waals surface area contributed by atoms with Crippen LogP contribution in [0.25, 0.3) is 0 Å². The predicted octanol–water partition coefficient (Wildman–Crippen LogP) is 0.0537. The summed E-state index contributed by atoms with van der Waals surface area (Å²) in [7, 11) is 1.41. The molecule has 0 bridgehead atoms. The number of methoxy groups -OCH3 is 1. The van der Waals surface area contributed by atoms with Crippen molar-refractivity contribution in [3.63, 3.8) is 0 Å². The van der Waals surface area contributed by atoms with Gasteiger partial charge in [0.05, 0.1) is 7.11 Å². The van der Waals surface area contributed by atoms with E-state index in [9.17, 15) is 4.79 Å². The molecule has 0 spiro atoms. The van der Waals surface area contributed by atoms with E-state index in [-0.39, 0.29) is 12.0 Å². The number of rotatable bonds is 2. The highest BCUT2D eigenvalue weighted by Crippen LogP contribution is 2.17. The molecule has 1 aliphatic rings. The lowest BCUT2D eigenvalue weighted by Crippen LogP contribution is -2.33. The van der Waals surface area contributed by atoms with Crippen LogP contribution in [0.4, 0.5) is 0 Å². The van der Waals surface area contributed by atoms with Crippen molar-refractivity contribution in [2.45, 2.75) is 18.9 Å². The highest BCUT2D eigenvalue weighted by atomic mass is 16.5. The molecule has 1 heterocycles. The number of ether oxygens (including phenoxy) is 1. The van der Waals surface area contributed by atoms with Gasteiger partial charge in [0.2, 0.25) is 0 Å². The van der Waals surface area contributed by atoms with E-state index >= 15 is 0 Å². The van der Waals surface area contributed by atoms with Crippen LogP contribution >= 0.6 is 0 Å². The molecule has 68 valence electrons. The van der Waals surface area contributed by atoms with Crippen LogP contribution in [0.5, 0.6) is 0 Å². The van der Waals surface area contributed by atoms with Crippen molar-refractivity contribution in [2.75, 3.05) is 13.7 Å². The molecule has 12 heavy (non-hydrogen) atoms. The maximum atomic E-state index is 11.2. The maximum absolute atomic E-state index is 11.2. The fourth-order valence-corrected chi connectivity index (χ4v) is 1.47. The van der Waals surface area contributed by atoms with E-state index < -0.39 is 0 Å². The topological polar surface area (TPSA) is 55.6 Å². The Morgan fingerprint density at radius 1 is 1.75 bits per heavy atom. The van der Waals surface area contributed by atoms with Gasteiger partial charge < -0.3 is 15.4 Å². The van der Waals surface area contributed by atoms with Crippen molar-refractivity contribution in [1.29, 1.82) is 0 Å². The second kappa shape index (κ2) is 3.99. The SMILES string of the molecule is COC(=O)[C@@H]1CCCN1C=CN. The Morgan fingerprint density at radius 2 is 2.50 bits per heavy atom. The molecule has 0 unspecified atom stereocenters. The second-order valence-corrected chi connectivity index (χ2v) is 2.76. The molecular weight excluding hydrogens is 156 g/mol. The molecule has 1 rings (SSSR count). The van der Waals surface area contributed by atoms with Crippen molar-refractivity contribution in [2.24, 2.45) is 5.73 Å². The van der Waals surface area contributed by atoms with Gasteiger partial charge in [-0.15, -0.1) is 0 Å². The number of likely N-dealkylation sites (tertiary alicyclic amines) is 1.